The predicted molar refractivity (Wildman–Crippen MR) is 121 cm³/mol. The molecule has 1 heterocycles. The number of primary amides is 1. The lowest BCUT2D eigenvalue weighted by Crippen LogP contribution is -2.59. The largest absolute Gasteiger partial charge is 0.372 e. The normalized spacial score (nSPS) is 19.2. The van der Waals surface area contributed by atoms with Crippen LogP contribution in [0.1, 0.15) is 44.7 Å². The molecule has 4 N–H and O–H groups in total. The number of nitrogens with zero attached hydrogens (tertiary/aromatic N) is 1. The third kappa shape index (κ3) is 4.00. The van der Waals surface area contributed by atoms with E-state index in [-0.39, 0.29) is 30.7 Å². The molecule has 0 spiro atoms. The fraction of sp³-hybridized carbons (Fsp3) is 0.400. The molecular weight excluding hydrogens is 406 g/mol. The molecule has 4 rings (SSSR count). The number of fused-ring (bicyclic) bond motifs is 3. The van der Waals surface area contributed by atoms with Gasteiger partial charge in [-0.25, -0.2) is 0 Å². The minimum atomic E-state index is -2.38. The second-order valence-corrected chi connectivity index (χ2v) is 9.25. The molecule has 0 bridgehead atoms. The van der Waals surface area contributed by atoms with E-state index in [2.05, 4.69) is 5.32 Å². The molecule has 1 saturated carbocycles. The summed E-state index contributed by atoms with van der Waals surface area (Å²) in [6.45, 7) is 3.88. The molecule has 7 nitrogen and oxygen atoms in total. The highest BCUT2D eigenvalue weighted by Gasteiger charge is 2.50. The number of carbonyl (C=O) groups is 3. The molecule has 3 amide bonds. The first-order valence-electron chi connectivity index (χ1n) is 11.0. The molecule has 1 fully saturated rings. The third-order valence-corrected chi connectivity index (χ3v) is 6.17. The van der Waals surface area contributed by atoms with Gasteiger partial charge in [0.25, 0.3) is 17.7 Å². The third-order valence-electron chi connectivity index (χ3n) is 6.17. The summed E-state index contributed by atoms with van der Waals surface area (Å²) in [6.07, 6.45) is 1.75. The Hall–Kier alpha value is -3.19. The van der Waals surface area contributed by atoms with Gasteiger partial charge in [-0.05, 0) is 48.3 Å². The van der Waals surface area contributed by atoms with Gasteiger partial charge in [0.05, 0.1) is 0 Å². The summed E-state index contributed by atoms with van der Waals surface area (Å²) < 4.78 is 0. The highest BCUT2D eigenvalue weighted by molar-refractivity contribution is 6.10. The molecule has 0 unspecified atom stereocenters. The van der Waals surface area contributed by atoms with Crippen LogP contribution in [-0.4, -0.2) is 39.9 Å². The molecule has 32 heavy (non-hydrogen) atoms. The van der Waals surface area contributed by atoms with Crippen molar-refractivity contribution in [1.29, 1.82) is 0 Å². The Kier molecular flexibility index (Phi) is 5.77. The molecule has 0 saturated heterocycles. The van der Waals surface area contributed by atoms with Gasteiger partial charge in [-0.15, -0.1) is 0 Å². The number of carbonyl (C=O) groups excluding carboxylic acids is 3. The van der Waals surface area contributed by atoms with Crippen LogP contribution in [0.25, 0.3) is 11.1 Å². The van der Waals surface area contributed by atoms with Crippen LogP contribution in [0.15, 0.2) is 48.5 Å². The van der Waals surface area contributed by atoms with Crippen LogP contribution in [0.5, 0.6) is 0 Å². The average Bonchev–Trinajstić information content (AvgIpc) is 3.57. The monoisotopic (exact) mass is 435 g/mol. The molecule has 2 aromatic rings. The number of para-hydroxylation sites is 1. The van der Waals surface area contributed by atoms with Crippen molar-refractivity contribution in [2.24, 2.45) is 17.6 Å². The van der Waals surface area contributed by atoms with Crippen LogP contribution in [0.3, 0.4) is 0 Å². The molecular formula is C25H29N3O4. The fourth-order valence-electron chi connectivity index (χ4n) is 4.47. The Morgan fingerprint density at radius 3 is 2.38 bits per heavy atom. The molecule has 2 aliphatic rings. The zero-order chi connectivity index (χ0) is 23.0. The van der Waals surface area contributed by atoms with Gasteiger partial charge in [-0.2, -0.15) is 0 Å². The Bertz CT molecular complexity index is 1060. The van der Waals surface area contributed by atoms with Crippen molar-refractivity contribution in [2.75, 3.05) is 11.9 Å². The lowest BCUT2D eigenvalue weighted by molar-refractivity contribution is -0.164. The maximum absolute atomic E-state index is 13.7. The van der Waals surface area contributed by atoms with Crippen molar-refractivity contribution in [3.63, 3.8) is 0 Å². The first kappa shape index (κ1) is 22.0. The number of aliphatic hydroxyl groups is 1. The van der Waals surface area contributed by atoms with Crippen LogP contribution >= 0.6 is 0 Å². The number of anilines is 1. The summed E-state index contributed by atoms with van der Waals surface area (Å²) in [5.74, 6) is -2.22. The van der Waals surface area contributed by atoms with Crippen LogP contribution in [0.2, 0.25) is 0 Å². The number of benzene rings is 2. The van der Waals surface area contributed by atoms with Gasteiger partial charge in [0.15, 0.2) is 0 Å². The van der Waals surface area contributed by atoms with Gasteiger partial charge in [0.2, 0.25) is 5.60 Å². The molecule has 1 aliphatic carbocycles. The minimum absolute atomic E-state index is 0.113. The number of rotatable bonds is 7. The Labute approximate surface area is 187 Å². The van der Waals surface area contributed by atoms with Crippen LogP contribution in [0, 0.1) is 11.8 Å². The zero-order valence-corrected chi connectivity index (χ0v) is 18.4. The Balaban J connectivity index is 1.84. The highest BCUT2D eigenvalue weighted by Crippen LogP contribution is 2.42. The number of nitrogens with one attached hydrogen (secondary N) is 1. The van der Waals surface area contributed by atoms with Crippen molar-refractivity contribution < 1.29 is 19.5 Å². The first-order chi connectivity index (χ1) is 15.2. The van der Waals surface area contributed by atoms with Gasteiger partial charge in [0, 0.05) is 17.8 Å². The Morgan fingerprint density at radius 1 is 1.12 bits per heavy atom. The van der Waals surface area contributed by atoms with Gasteiger partial charge in [-0.1, -0.05) is 56.3 Å². The first-order valence-corrected chi connectivity index (χ1v) is 11.0. The van der Waals surface area contributed by atoms with Crippen molar-refractivity contribution >= 4 is 23.4 Å². The van der Waals surface area contributed by atoms with Crippen LogP contribution < -0.4 is 11.1 Å². The number of hydrogen-bond acceptors (Lipinski definition) is 4. The van der Waals surface area contributed by atoms with Gasteiger partial charge < -0.3 is 21.1 Å². The maximum atomic E-state index is 13.7. The summed E-state index contributed by atoms with van der Waals surface area (Å²) in [5.41, 5.74) is 6.13. The maximum Gasteiger partial charge on any atom is 0.265 e. The molecule has 0 aromatic heterocycles. The summed E-state index contributed by atoms with van der Waals surface area (Å²) in [4.78, 5) is 40.9. The van der Waals surface area contributed by atoms with E-state index in [1.807, 2.05) is 48.5 Å². The van der Waals surface area contributed by atoms with Crippen molar-refractivity contribution in [2.45, 2.75) is 44.8 Å². The summed E-state index contributed by atoms with van der Waals surface area (Å²) >= 11 is 0. The van der Waals surface area contributed by atoms with E-state index in [1.165, 1.54) is 4.90 Å². The van der Waals surface area contributed by atoms with E-state index in [0.717, 1.165) is 24.0 Å². The molecule has 7 heteroatoms. The smallest absolute Gasteiger partial charge is 0.265 e. The number of hydrogen-bond donors (Lipinski definition) is 3. The van der Waals surface area contributed by atoms with Crippen LogP contribution in [0.4, 0.5) is 5.69 Å². The summed E-state index contributed by atoms with van der Waals surface area (Å²) in [5, 5.41) is 14.1. The summed E-state index contributed by atoms with van der Waals surface area (Å²) in [7, 11) is 0. The van der Waals surface area contributed by atoms with Gasteiger partial charge >= 0.3 is 0 Å². The van der Waals surface area contributed by atoms with Crippen LogP contribution in [-0.2, 0) is 14.4 Å². The van der Waals surface area contributed by atoms with E-state index in [0.29, 0.717) is 11.3 Å². The molecule has 1 aliphatic heterocycles. The minimum Gasteiger partial charge on any atom is -0.372 e. The van der Waals surface area contributed by atoms with E-state index >= 15 is 0 Å². The standard InChI is InChI=1S/C25H29N3O4/c1-15(2)13-25(32,23(26)30)24(31)28(14-16-11-12-16)21-19-9-4-3-7-17(19)18-8-5-6-10-20(18)27-22(21)29/h3-10,15-16,21,32H,11-14H2,1-2H3,(H2,26,30)(H,27,29)/t21-,25-/m0/s1. The average molecular weight is 436 g/mol. The second kappa shape index (κ2) is 8.39. The molecule has 168 valence electrons. The fourth-order valence-corrected chi connectivity index (χ4v) is 4.47. The zero-order valence-electron chi connectivity index (χ0n) is 18.4. The molecule has 2 aromatic carbocycles. The second-order valence-electron chi connectivity index (χ2n) is 9.25. The number of nitrogens with two attached hydrogens (primary N) is 1. The molecule has 2 atom stereocenters. The lowest BCUT2D eigenvalue weighted by atomic mass is 9.88. The van der Waals surface area contributed by atoms with Crippen molar-refractivity contribution in [3.8, 4) is 11.1 Å². The van der Waals surface area contributed by atoms with E-state index in [9.17, 15) is 19.5 Å². The predicted octanol–water partition coefficient (Wildman–Crippen LogP) is 2.85. The van der Waals surface area contributed by atoms with E-state index in [1.54, 1.807) is 13.8 Å². The van der Waals surface area contributed by atoms with Crippen molar-refractivity contribution in [1.82, 2.24) is 4.90 Å². The Morgan fingerprint density at radius 2 is 1.75 bits per heavy atom. The lowest BCUT2D eigenvalue weighted by Gasteiger charge is -2.37. The van der Waals surface area contributed by atoms with Gasteiger partial charge in [-0.3, -0.25) is 14.4 Å². The number of amides is 3. The quantitative estimate of drug-likeness (QED) is 0.581. The SMILES string of the molecule is CC(C)C[C@](O)(C(N)=O)C(=O)N(CC1CC1)[C@@H]1C(=O)Nc2ccccc2-c2ccccc21. The summed E-state index contributed by atoms with van der Waals surface area (Å²) in [6, 6.07) is 13.9. The van der Waals surface area contributed by atoms with Gasteiger partial charge in [0.1, 0.15) is 6.04 Å². The van der Waals surface area contributed by atoms with E-state index in [4.69, 9.17) is 5.73 Å². The topological polar surface area (TPSA) is 113 Å². The van der Waals surface area contributed by atoms with Crippen molar-refractivity contribution in [3.05, 3.63) is 54.1 Å². The molecule has 0 radical (unpaired) electrons. The highest BCUT2D eigenvalue weighted by atomic mass is 16.3. The van der Waals surface area contributed by atoms with E-state index < -0.39 is 23.5 Å².